The topological polar surface area (TPSA) is 77.1 Å². The molecule has 0 saturated carbocycles. The van der Waals surface area contributed by atoms with Crippen LogP contribution in [0.15, 0.2) is 147 Å². The minimum absolute atomic E-state index is 0.137. The molecule has 4 heterocycles. The molecule has 4 aromatic heterocycles. The zero-order valence-corrected chi connectivity index (χ0v) is 35.8. The van der Waals surface area contributed by atoms with Crippen LogP contribution < -0.4 is 21.7 Å². The number of benzene rings is 7. The van der Waals surface area contributed by atoms with Crippen LogP contribution in [0.3, 0.4) is 0 Å². The summed E-state index contributed by atoms with van der Waals surface area (Å²) in [6.07, 6.45) is -4.86. The number of alkyl halides is 3. The number of fused-ring (bicyclic) bond motifs is 8. The summed E-state index contributed by atoms with van der Waals surface area (Å²) >= 11 is 0. The average molecular weight is 849 g/mol. The Labute approximate surface area is 362 Å². The molecule has 0 saturated heterocycles. The predicted octanol–water partition coefficient (Wildman–Crippen LogP) is 12.4. The largest absolute Gasteiger partial charge is 0.417 e. The van der Waals surface area contributed by atoms with E-state index >= 15 is 13.2 Å². The van der Waals surface area contributed by atoms with E-state index in [-0.39, 0.29) is 54.7 Å². The van der Waals surface area contributed by atoms with Crippen molar-refractivity contribution in [1.82, 2.24) is 8.80 Å². The summed E-state index contributed by atoms with van der Waals surface area (Å²) in [5.74, 6) is 0. The number of hydrogen-bond donors (Lipinski definition) is 0. The molecule has 11 rings (SSSR count). The maximum atomic E-state index is 15.7. The van der Waals surface area contributed by atoms with Crippen molar-refractivity contribution in [1.29, 1.82) is 0 Å². The Hall–Kier alpha value is -7.39. The normalized spacial score (nSPS) is 13.0. The van der Waals surface area contributed by atoms with Crippen molar-refractivity contribution in [2.45, 2.75) is 58.5 Å². The van der Waals surface area contributed by atoms with E-state index in [0.29, 0.717) is 65.4 Å². The van der Waals surface area contributed by atoms with Gasteiger partial charge < -0.3 is 8.80 Å². The van der Waals surface area contributed by atoms with E-state index in [2.05, 4.69) is 0 Å². The molecule has 314 valence electrons. The van der Waals surface area contributed by atoms with Crippen LogP contribution in [0.2, 0.25) is 0 Å². The van der Waals surface area contributed by atoms with Gasteiger partial charge in [-0.2, -0.15) is 13.2 Å². The van der Waals surface area contributed by atoms with Crippen LogP contribution in [0.1, 0.15) is 58.2 Å². The molecule has 0 N–H and O–H groups in total. The Morgan fingerprint density at radius 3 is 1.08 bits per heavy atom. The summed E-state index contributed by atoms with van der Waals surface area (Å²) in [7, 11) is 0. The Bertz CT molecular complexity index is 3860. The van der Waals surface area contributed by atoms with Gasteiger partial charge in [0.1, 0.15) is 0 Å². The van der Waals surface area contributed by atoms with Gasteiger partial charge in [0.15, 0.2) is 21.7 Å². The molecule has 0 spiro atoms. The number of para-hydroxylation sites is 2. The Kier molecular flexibility index (Phi) is 8.06. The van der Waals surface area contributed by atoms with Gasteiger partial charge in [-0.15, -0.1) is 0 Å². The van der Waals surface area contributed by atoms with Gasteiger partial charge in [-0.25, -0.2) is 0 Å². The lowest BCUT2D eigenvalue weighted by atomic mass is 9.84. The first kappa shape index (κ1) is 39.5. The minimum atomic E-state index is -4.86. The second-order valence-electron chi connectivity index (χ2n) is 19.1. The van der Waals surface area contributed by atoms with Gasteiger partial charge in [0.05, 0.1) is 38.7 Å². The van der Waals surface area contributed by atoms with E-state index in [1.54, 1.807) is 66.7 Å². The fourth-order valence-corrected chi connectivity index (χ4v) is 9.85. The monoisotopic (exact) mass is 848 g/mol. The maximum absolute atomic E-state index is 15.7. The molecular weight excluding hydrogens is 810 g/mol. The molecule has 7 aromatic carbocycles. The summed E-state index contributed by atoms with van der Waals surface area (Å²) in [4.78, 5) is 57.4. The standard InChI is InChI=1S/C55H39F3N2O4/c1-53(2,3)30-24-38-47-40(26-30)51(63)36-22-28(18-20-44(36)59(47)42-16-9-7-12-34(42)49(38)61)32-14-11-15-33(46(32)55(56,57)58)29-19-21-45-37(23-29)52(64)41-27-31(54(4,5)6)25-39-48(41)60(45)43-17-10-8-13-35(43)50(39)62/h7-27H,1-6H3. The molecular formula is C55H39F3N2O4. The zero-order chi connectivity index (χ0) is 44.9. The first-order valence-corrected chi connectivity index (χ1v) is 21.2. The highest BCUT2D eigenvalue weighted by atomic mass is 19.4. The fourth-order valence-electron chi connectivity index (χ4n) is 9.85. The molecule has 0 aliphatic carbocycles. The summed E-state index contributed by atoms with van der Waals surface area (Å²) in [6.45, 7) is 12.0. The average Bonchev–Trinajstić information content (AvgIpc) is 3.26. The van der Waals surface area contributed by atoms with Crippen LogP contribution in [0.25, 0.3) is 98.4 Å². The van der Waals surface area contributed by atoms with E-state index in [1.165, 1.54) is 24.3 Å². The summed E-state index contributed by atoms with van der Waals surface area (Å²) in [6, 6.07) is 35.5. The molecule has 11 aromatic rings. The molecule has 0 aliphatic rings. The van der Waals surface area contributed by atoms with Crippen molar-refractivity contribution < 1.29 is 13.2 Å². The number of halogens is 3. The van der Waals surface area contributed by atoms with Gasteiger partial charge >= 0.3 is 6.18 Å². The lowest BCUT2D eigenvalue weighted by Gasteiger charge is -2.22. The number of pyridine rings is 4. The summed E-state index contributed by atoms with van der Waals surface area (Å²) < 4.78 is 51.0. The fraction of sp³-hybridized carbons (Fsp3) is 0.164. The van der Waals surface area contributed by atoms with Gasteiger partial charge in [-0.05, 0) is 117 Å². The lowest BCUT2D eigenvalue weighted by molar-refractivity contribution is -0.136. The molecule has 6 nitrogen and oxygen atoms in total. The quantitative estimate of drug-likeness (QED) is 0.128. The van der Waals surface area contributed by atoms with E-state index in [0.717, 1.165) is 11.1 Å². The number of aromatic nitrogens is 2. The van der Waals surface area contributed by atoms with Crippen molar-refractivity contribution in [3.8, 4) is 22.3 Å². The minimum Gasteiger partial charge on any atom is -0.308 e. The maximum Gasteiger partial charge on any atom is 0.417 e. The molecule has 0 radical (unpaired) electrons. The van der Waals surface area contributed by atoms with Gasteiger partial charge in [0, 0.05) is 43.1 Å². The van der Waals surface area contributed by atoms with Crippen molar-refractivity contribution in [3.05, 3.63) is 185 Å². The van der Waals surface area contributed by atoms with Crippen LogP contribution in [0.5, 0.6) is 0 Å². The zero-order valence-electron chi connectivity index (χ0n) is 35.8. The molecule has 0 fully saturated rings. The van der Waals surface area contributed by atoms with Crippen molar-refractivity contribution in [3.63, 3.8) is 0 Å². The van der Waals surface area contributed by atoms with Crippen molar-refractivity contribution >= 4 is 76.2 Å². The lowest BCUT2D eigenvalue weighted by Crippen LogP contribution is -2.18. The second-order valence-corrected chi connectivity index (χ2v) is 19.1. The number of nitrogens with zero attached hydrogens (tertiary/aromatic N) is 2. The van der Waals surface area contributed by atoms with Crippen LogP contribution in [-0.4, -0.2) is 8.80 Å². The highest BCUT2D eigenvalue weighted by molar-refractivity contribution is 6.10. The van der Waals surface area contributed by atoms with Gasteiger partial charge in [-0.1, -0.05) is 96.1 Å². The van der Waals surface area contributed by atoms with Gasteiger partial charge in [-0.3, -0.25) is 19.2 Å². The smallest absolute Gasteiger partial charge is 0.308 e. The third kappa shape index (κ3) is 5.52. The first-order chi connectivity index (χ1) is 30.3. The third-order valence-corrected chi connectivity index (χ3v) is 13.1. The Balaban J connectivity index is 1.19. The highest BCUT2D eigenvalue weighted by Gasteiger charge is 2.37. The molecule has 0 amide bonds. The van der Waals surface area contributed by atoms with Crippen LogP contribution >= 0.6 is 0 Å². The number of rotatable bonds is 2. The van der Waals surface area contributed by atoms with E-state index < -0.39 is 22.6 Å². The Morgan fingerprint density at radius 1 is 0.375 bits per heavy atom. The SMILES string of the molecule is CC(C)(C)c1cc2c(=O)c3ccccc3n3c4ccc(-c5cccc(-c6ccc7c(c6)c(=O)c6cc(C(C)(C)C)cc8c(=O)c9ccccc9n7c86)c5C(F)(F)F)cc4c(=O)c(c1)c23. The van der Waals surface area contributed by atoms with Crippen LogP contribution in [0, 0.1) is 0 Å². The van der Waals surface area contributed by atoms with E-state index in [1.807, 2.05) is 86.7 Å². The highest BCUT2D eigenvalue weighted by Crippen LogP contribution is 2.45. The number of hydrogen-bond acceptors (Lipinski definition) is 4. The molecule has 0 bridgehead atoms. The van der Waals surface area contributed by atoms with Gasteiger partial charge in [0.2, 0.25) is 0 Å². The summed E-state index contributed by atoms with van der Waals surface area (Å²) in [5.41, 5.74) is 1.75. The predicted molar refractivity (Wildman–Crippen MR) is 254 cm³/mol. The molecule has 0 aliphatic heterocycles. The third-order valence-electron chi connectivity index (χ3n) is 13.1. The molecule has 9 heteroatoms. The molecule has 0 atom stereocenters. The van der Waals surface area contributed by atoms with Gasteiger partial charge in [0.25, 0.3) is 0 Å². The van der Waals surface area contributed by atoms with Crippen LogP contribution in [-0.2, 0) is 17.0 Å². The summed E-state index contributed by atoms with van der Waals surface area (Å²) in [5, 5.41) is 2.75. The Morgan fingerprint density at radius 2 is 0.719 bits per heavy atom. The second kappa shape index (κ2) is 13.1. The van der Waals surface area contributed by atoms with E-state index in [9.17, 15) is 19.2 Å². The molecule has 64 heavy (non-hydrogen) atoms. The van der Waals surface area contributed by atoms with Crippen molar-refractivity contribution in [2.75, 3.05) is 0 Å². The first-order valence-electron chi connectivity index (χ1n) is 21.2. The van der Waals surface area contributed by atoms with Crippen LogP contribution in [0.4, 0.5) is 13.2 Å². The van der Waals surface area contributed by atoms with Crippen molar-refractivity contribution in [2.24, 2.45) is 0 Å². The van der Waals surface area contributed by atoms with E-state index in [4.69, 9.17) is 0 Å². The molecule has 0 unspecified atom stereocenters.